The standard InChI is InChI=1S/CH5N.2H3O3PS/c1-2;2*1-4(2,3)5/h2H2,1H3;2*(H3,1,2,3,5). The van der Waals surface area contributed by atoms with E-state index in [4.69, 9.17) is 29.4 Å². The lowest BCUT2D eigenvalue weighted by Crippen LogP contribution is -1.69. The zero-order valence-corrected chi connectivity index (χ0v) is 9.39. The van der Waals surface area contributed by atoms with Crippen molar-refractivity contribution in [1.82, 2.24) is 0 Å². The third-order valence-corrected chi connectivity index (χ3v) is 0. The molecule has 0 aromatic heterocycles. The zero-order valence-electron chi connectivity index (χ0n) is 5.97. The van der Waals surface area contributed by atoms with Gasteiger partial charge in [0.1, 0.15) is 0 Å². The fourth-order valence-electron chi connectivity index (χ4n) is 0. The Bertz CT molecular complexity index is 136. The van der Waals surface area contributed by atoms with Gasteiger partial charge in [-0.1, -0.05) is 0 Å². The molecule has 0 aromatic carbocycles. The minimum Gasteiger partial charge on any atom is -0.333 e. The van der Waals surface area contributed by atoms with Gasteiger partial charge >= 0.3 is 13.4 Å². The molecule has 11 heteroatoms. The first-order valence-corrected chi connectivity index (χ1v) is 7.46. The average molecular weight is 259 g/mol. The van der Waals surface area contributed by atoms with Crippen LogP contribution in [0, 0.1) is 0 Å². The van der Waals surface area contributed by atoms with Crippen molar-refractivity contribution < 1.29 is 29.4 Å². The molecule has 0 aliphatic carbocycles. The monoisotopic (exact) mass is 259 g/mol. The van der Waals surface area contributed by atoms with E-state index in [0.29, 0.717) is 0 Å². The normalized spacial score (nSPS) is 10.3. The van der Waals surface area contributed by atoms with Gasteiger partial charge in [-0.25, -0.2) is 0 Å². The molecule has 0 radical (unpaired) electrons. The van der Waals surface area contributed by atoms with Crippen molar-refractivity contribution in [2.75, 3.05) is 7.05 Å². The molecule has 0 bridgehead atoms. The van der Waals surface area contributed by atoms with Gasteiger partial charge in [0.15, 0.2) is 0 Å². The summed E-state index contributed by atoms with van der Waals surface area (Å²) in [6.45, 7) is -7.61. The average Bonchev–Trinajstić information content (AvgIpc) is 1.59. The third kappa shape index (κ3) is 1060. The SMILES string of the molecule is CN.OP(O)(O)=S.OP(O)(O)=S. The van der Waals surface area contributed by atoms with Gasteiger partial charge in [-0.2, -0.15) is 0 Å². The molecule has 0 fully saturated rings. The highest BCUT2D eigenvalue weighted by Gasteiger charge is 1.92. The van der Waals surface area contributed by atoms with Crippen molar-refractivity contribution in [1.29, 1.82) is 0 Å². The molecule has 0 saturated carbocycles. The Hall–Kier alpha value is 1.02. The summed E-state index contributed by atoms with van der Waals surface area (Å²) < 4.78 is 0. The van der Waals surface area contributed by atoms with Crippen molar-refractivity contribution >= 4 is 37.1 Å². The summed E-state index contributed by atoms with van der Waals surface area (Å²) in [6.07, 6.45) is 0. The lowest BCUT2D eigenvalue weighted by Gasteiger charge is -1.88. The summed E-state index contributed by atoms with van der Waals surface area (Å²) in [5.74, 6) is 0. The highest BCUT2D eigenvalue weighted by molar-refractivity contribution is 8.06. The van der Waals surface area contributed by atoms with Crippen molar-refractivity contribution in [3.63, 3.8) is 0 Å². The van der Waals surface area contributed by atoms with Crippen LogP contribution in [0.15, 0.2) is 0 Å². The van der Waals surface area contributed by atoms with E-state index in [1.54, 1.807) is 0 Å². The molecule has 0 spiro atoms. The molecule has 0 aromatic rings. The summed E-state index contributed by atoms with van der Waals surface area (Å²) in [6, 6.07) is 0. The predicted molar refractivity (Wildman–Crippen MR) is 52.0 cm³/mol. The second-order valence-electron chi connectivity index (χ2n) is 1.03. The van der Waals surface area contributed by atoms with Gasteiger partial charge in [-0.05, 0) is 30.7 Å². The van der Waals surface area contributed by atoms with Crippen LogP contribution < -0.4 is 5.73 Å². The lowest BCUT2D eigenvalue weighted by atomic mass is 11.6. The Kier molecular flexibility index (Phi) is 13.4. The number of hydrogen-bond donors (Lipinski definition) is 7. The molecule has 0 atom stereocenters. The minimum atomic E-state index is -3.81. The largest absolute Gasteiger partial charge is 0.333 e. The summed E-state index contributed by atoms with van der Waals surface area (Å²) in [4.78, 5) is 45.3. The van der Waals surface area contributed by atoms with Gasteiger partial charge in [0.2, 0.25) is 0 Å². The smallest absolute Gasteiger partial charge is 0.319 e. The van der Waals surface area contributed by atoms with E-state index >= 15 is 0 Å². The Labute approximate surface area is 79.6 Å². The highest BCUT2D eigenvalue weighted by Crippen LogP contribution is 2.26. The van der Waals surface area contributed by atoms with E-state index in [-0.39, 0.29) is 0 Å². The van der Waals surface area contributed by atoms with Crippen LogP contribution in [-0.4, -0.2) is 36.4 Å². The molecule has 0 aliphatic rings. The van der Waals surface area contributed by atoms with E-state index in [1.165, 1.54) is 7.05 Å². The molecule has 0 rings (SSSR count). The Morgan fingerprint density at radius 3 is 0.750 bits per heavy atom. The van der Waals surface area contributed by atoms with Gasteiger partial charge in [-0.15, -0.1) is 0 Å². The van der Waals surface area contributed by atoms with Crippen LogP contribution in [0.4, 0.5) is 0 Å². The van der Waals surface area contributed by atoms with Crippen LogP contribution >= 0.6 is 13.4 Å². The van der Waals surface area contributed by atoms with Crippen molar-refractivity contribution in [3.05, 3.63) is 0 Å². The summed E-state index contributed by atoms with van der Waals surface area (Å²) in [5, 5.41) is 0. The van der Waals surface area contributed by atoms with Crippen LogP contribution in [0.2, 0.25) is 0 Å². The fraction of sp³-hybridized carbons (Fsp3) is 1.00. The van der Waals surface area contributed by atoms with E-state index in [0.717, 1.165) is 0 Å². The molecule has 78 valence electrons. The Morgan fingerprint density at radius 2 is 0.750 bits per heavy atom. The van der Waals surface area contributed by atoms with Gasteiger partial charge in [0.25, 0.3) is 0 Å². The quantitative estimate of drug-likeness (QED) is 0.244. The molecule has 7 nitrogen and oxygen atoms in total. The van der Waals surface area contributed by atoms with Crippen LogP contribution in [0.25, 0.3) is 0 Å². The maximum Gasteiger partial charge on any atom is 0.319 e. The first kappa shape index (κ1) is 18.7. The summed E-state index contributed by atoms with van der Waals surface area (Å²) >= 11 is 7.21. The molecule has 0 aliphatic heterocycles. The molecule has 0 heterocycles. The van der Waals surface area contributed by atoms with Crippen molar-refractivity contribution in [3.8, 4) is 0 Å². The van der Waals surface area contributed by atoms with Crippen molar-refractivity contribution in [2.24, 2.45) is 5.73 Å². The molecular weight excluding hydrogens is 248 g/mol. The fourth-order valence-corrected chi connectivity index (χ4v) is 0. The van der Waals surface area contributed by atoms with Gasteiger partial charge in [-0.3, -0.25) is 0 Å². The predicted octanol–water partition coefficient (Wildman–Crippen LogP) is -2.05. The number of hydrogen-bond acceptors (Lipinski definition) is 3. The number of rotatable bonds is 0. The maximum absolute atomic E-state index is 7.56. The first-order valence-electron chi connectivity index (χ1n) is 2.14. The van der Waals surface area contributed by atoms with E-state index in [1.807, 2.05) is 0 Å². The second kappa shape index (κ2) is 8.61. The lowest BCUT2D eigenvalue weighted by molar-refractivity contribution is 0.361. The zero-order chi connectivity index (χ0) is 11.0. The van der Waals surface area contributed by atoms with Gasteiger partial charge < -0.3 is 35.1 Å². The second-order valence-corrected chi connectivity index (χ2v) is 6.02. The van der Waals surface area contributed by atoms with Gasteiger partial charge in [0.05, 0.1) is 0 Å². The highest BCUT2D eigenvalue weighted by atomic mass is 32.5. The molecular formula is CH11NO6P2S2. The van der Waals surface area contributed by atoms with Gasteiger partial charge in [0, 0.05) is 0 Å². The van der Waals surface area contributed by atoms with E-state index in [9.17, 15) is 0 Å². The third-order valence-electron chi connectivity index (χ3n) is 0. The molecule has 0 saturated heterocycles. The number of nitrogens with two attached hydrogens (primary N) is 1. The van der Waals surface area contributed by atoms with Crippen LogP contribution in [0.1, 0.15) is 0 Å². The Balaban J connectivity index is -0.000000112. The molecule has 0 amide bonds. The van der Waals surface area contributed by atoms with Crippen LogP contribution in [0.3, 0.4) is 0 Å². The Morgan fingerprint density at radius 1 is 0.750 bits per heavy atom. The first-order chi connectivity index (χ1) is 5.00. The van der Waals surface area contributed by atoms with E-state index in [2.05, 4.69) is 29.3 Å². The minimum absolute atomic E-state index is 1.50. The summed E-state index contributed by atoms with van der Waals surface area (Å²) in [7, 11) is 1.50. The van der Waals surface area contributed by atoms with Crippen LogP contribution in [0.5, 0.6) is 0 Å². The topological polar surface area (TPSA) is 147 Å². The molecule has 8 N–H and O–H groups in total. The van der Waals surface area contributed by atoms with Crippen LogP contribution in [-0.2, 0) is 23.6 Å². The molecule has 12 heavy (non-hydrogen) atoms. The van der Waals surface area contributed by atoms with E-state index < -0.39 is 13.4 Å². The maximum atomic E-state index is 7.56. The molecule has 0 unspecified atom stereocenters. The van der Waals surface area contributed by atoms with Crippen molar-refractivity contribution in [2.45, 2.75) is 0 Å². The summed E-state index contributed by atoms with van der Waals surface area (Å²) in [5.41, 5.74) is 4.50.